The molecule has 1 amide bonds. The average molecular weight is 381 g/mol. The summed E-state index contributed by atoms with van der Waals surface area (Å²) in [5.74, 6) is -3.29. The smallest absolute Gasteiger partial charge is 0.277 e. The molecule has 0 bridgehead atoms. The molecule has 10 heteroatoms. The first-order valence-corrected chi connectivity index (χ1v) is 7.88. The van der Waals surface area contributed by atoms with E-state index in [1.807, 2.05) is 13.8 Å². The zero-order chi connectivity index (χ0) is 17.2. The lowest BCUT2D eigenvalue weighted by Crippen LogP contribution is -2.41. The van der Waals surface area contributed by atoms with E-state index in [4.69, 9.17) is 5.73 Å². The van der Waals surface area contributed by atoms with Crippen molar-refractivity contribution < 1.29 is 13.6 Å². The number of alkyl halides is 2. The highest BCUT2D eigenvalue weighted by Crippen LogP contribution is 2.25. The molecule has 2 aromatic heterocycles. The average Bonchev–Trinajstić information content (AvgIpc) is 2.78. The first-order valence-electron chi connectivity index (χ1n) is 7.07. The number of carbonyl (C=O) groups excluding carboxylic acids is 1. The number of halogens is 3. The number of aromatic amines is 1. The molecule has 0 saturated carbocycles. The van der Waals surface area contributed by atoms with E-state index in [1.165, 1.54) is 11.3 Å². The molecule has 2 rings (SSSR count). The summed E-state index contributed by atoms with van der Waals surface area (Å²) < 4.78 is 25.9. The van der Waals surface area contributed by atoms with Crippen molar-refractivity contribution in [3.8, 4) is 0 Å². The number of thiophene rings is 1. The minimum Gasteiger partial charge on any atom is -0.350 e. The molecule has 2 aromatic rings. The number of carbonyl (C=O) groups is 1. The van der Waals surface area contributed by atoms with Crippen LogP contribution in [0.3, 0.4) is 0 Å². The highest BCUT2D eigenvalue weighted by atomic mass is 35.5. The first-order chi connectivity index (χ1) is 10.7. The molecule has 134 valence electrons. The molecular formula is C14H19ClF2N4O2S. The van der Waals surface area contributed by atoms with Gasteiger partial charge < -0.3 is 16.0 Å². The van der Waals surface area contributed by atoms with Crippen LogP contribution in [0.15, 0.2) is 4.79 Å². The molecule has 0 aromatic carbocycles. The zero-order valence-electron chi connectivity index (χ0n) is 13.2. The van der Waals surface area contributed by atoms with Crippen molar-refractivity contribution in [1.29, 1.82) is 0 Å². The maximum absolute atomic E-state index is 12.9. The van der Waals surface area contributed by atoms with Gasteiger partial charge in [-0.15, -0.1) is 23.7 Å². The second-order valence-electron chi connectivity index (χ2n) is 5.31. The number of aryl methyl sites for hydroxylation is 3. The normalized spacial score (nSPS) is 11.4. The maximum atomic E-state index is 12.9. The lowest BCUT2D eigenvalue weighted by Gasteiger charge is -2.14. The van der Waals surface area contributed by atoms with Gasteiger partial charge in [-0.05, 0) is 19.4 Å². The molecule has 0 spiro atoms. The summed E-state index contributed by atoms with van der Waals surface area (Å²) >= 11 is 1.41. The van der Waals surface area contributed by atoms with Gasteiger partial charge in [0.05, 0.1) is 18.5 Å². The standard InChI is InChI=1S/C14H18F2N4O2S.ClH/c1-7-8(2)23-13-11(7)12(22)19-9(20-13)3-4-10(21)18-6-14(15,16)5-17;/h3-6,17H2,1-2H3,(H,18,21)(H,19,20,22);1H. The minimum atomic E-state index is -3.12. The Balaban J connectivity index is 0.00000288. The monoisotopic (exact) mass is 380 g/mol. The van der Waals surface area contributed by atoms with E-state index in [9.17, 15) is 18.4 Å². The van der Waals surface area contributed by atoms with Crippen LogP contribution in [0.25, 0.3) is 10.2 Å². The molecule has 0 fully saturated rings. The molecular weight excluding hydrogens is 362 g/mol. The lowest BCUT2D eigenvalue weighted by atomic mass is 10.2. The Labute approximate surface area is 147 Å². The van der Waals surface area contributed by atoms with Crippen molar-refractivity contribution >= 4 is 39.9 Å². The number of nitrogens with two attached hydrogens (primary N) is 1. The number of hydrogen-bond acceptors (Lipinski definition) is 5. The van der Waals surface area contributed by atoms with Gasteiger partial charge in [0.1, 0.15) is 10.7 Å². The second kappa shape index (κ2) is 8.00. The van der Waals surface area contributed by atoms with Crippen LogP contribution in [-0.4, -0.2) is 34.9 Å². The second-order valence-corrected chi connectivity index (χ2v) is 6.52. The highest BCUT2D eigenvalue weighted by Gasteiger charge is 2.27. The van der Waals surface area contributed by atoms with Crippen molar-refractivity contribution in [3.63, 3.8) is 0 Å². The van der Waals surface area contributed by atoms with Crippen LogP contribution in [0.4, 0.5) is 8.78 Å². The molecule has 0 radical (unpaired) electrons. The van der Waals surface area contributed by atoms with Gasteiger partial charge >= 0.3 is 0 Å². The van der Waals surface area contributed by atoms with Crippen molar-refractivity contribution in [3.05, 3.63) is 26.6 Å². The lowest BCUT2D eigenvalue weighted by molar-refractivity contribution is -0.122. The molecule has 0 saturated heterocycles. The topological polar surface area (TPSA) is 101 Å². The van der Waals surface area contributed by atoms with Gasteiger partial charge in [-0.3, -0.25) is 9.59 Å². The third-order valence-corrected chi connectivity index (χ3v) is 4.62. The largest absolute Gasteiger partial charge is 0.350 e. The van der Waals surface area contributed by atoms with E-state index in [2.05, 4.69) is 15.3 Å². The number of nitrogens with one attached hydrogen (secondary N) is 2. The Morgan fingerprint density at radius 2 is 2.08 bits per heavy atom. The summed E-state index contributed by atoms with van der Waals surface area (Å²) in [6, 6.07) is 0. The van der Waals surface area contributed by atoms with Crippen molar-refractivity contribution in [1.82, 2.24) is 15.3 Å². The molecule has 4 N–H and O–H groups in total. The van der Waals surface area contributed by atoms with Crippen LogP contribution >= 0.6 is 23.7 Å². The number of nitrogens with zero attached hydrogens (tertiary/aromatic N) is 1. The van der Waals surface area contributed by atoms with Crippen LogP contribution in [0.2, 0.25) is 0 Å². The van der Waals surface area contributed by atoms with Crippen LogP contribution in [0.5, 0.6) is 0 Å². The first kappa shape index (κ1) is 20.5. The summed E-state index contributed by atoms with van der Waals surface area (Å²) in [4.78, 5) is 32.3. The molecule has 0 atom stereocenters. The van der Waals surface area contributed by atoms with Gasteiger partial charge in [0.25, 0.3) is 11.5 Å². The third kappa shape index (κ3) is 4.71. The van der Waals surface area contributed by atoms with Crippen LogP contribution in [0.1, 0.15) is 22.7 Å². The van der Waals surface area contributed by atoms with Crippen molar-refractivity contribution in [2.24, 2.45) is 5.73 Å². The quantitative estimate of drug-likeness (QED) is 0.709. The Kier molecular flexibility index (Phi) is 6.82. The molecule has 0 aliphatic heterocycles. The van der Waals surface area contributed by atoms with Gasteiger partial charge in [0.15, 0.2) is 0 Å². The van der Waals surface area contributed by atoms with Gasteiger partial charge in [-0.25, -0.2) is 13.8 Å². The molecule has 2 heterocycles. The number of H-pyrrole nitrogens is 1. The fourth-order valence-electron chi connectivity index (χ4n) is 2.04. The summed E-state index contributed by atoms with van der Waals surface area (Å²) in [6.07, 6.45) is 0.125. The summed E-state index contributed by atoms with van der Waals surface area (Å²) in [5, 5.41) is 2.68. The fraction of sp³-hybridized carbons (Fsp3) is 0.500. The van der Waals surface area contributed by atoms with Crippen molar-refractivity contribution in [2.45, 2.75) is 32.6 Å². The molecule has 0 aliphatic carbocycles. The van der Waals surface area contributed by atoms with Crippen LogP contribution in [0, 0.1) is 13.8 Å². The van der Waals surface area contributed by atoms with E-state index < -0.39 is 24.9 Å². The number of aromatic nitrogens is 2. The van der Waals surface area contributed by atoms with E-state index in [0.717, 1.165) is 10.4 Å². The van der Waals surface area contributed by atoms with Gasteiger partial charge in [0, 0.05) is 17.7 Å². The predicted octanol–water partition coefficient (Wildman–Crippen LogP) is 1.67. The highest BCUT2D eigenvalue weighted by molar-refractivity contribution is 7.18. The molecule has 0 unspecified atom stereocenters. The Morgan fingerprint density at radius 1 is 1.42 bits per heavy atom. The molecule has 6 nitrogen and oxygen atoms in total. The fourth-order valence-corrected chi connectivity index (χ4v) is 3.09. The van der Waals surface area contributed by atoms with E-state index in [-0.39, 0.29) is 30.8 Å². The third-order valence-electron chi connectivity index (χ3n) is 3.52. The maximum Gasteiger partial charge on any atom is 0.277 e. The number of hydrogen-bond donors (Lipinski definition) is 3. The van der Waals surface area contributed by atoms with Gasteiger partial charge in [-0.2, -0.15) is 0 Å². The van der Waals surface area contributed by atoms with Crippen LogP contribution < -0.4 is 16.6 Å². The SMILES string of the molecule is Cc1sc2nc(CCC(=O)NCC(F)(F)CN)[nH]c(=O)c2c1C.Cl. The summed E-state index contributed by atoms with van der Waals surface area (Å²) in [5.41, 5.74) is 5.54. The minimum absolute atomic E-state index is 0. The van der Waals surface area contributed by atoms with E-state index in [0.29, 0.717) is 16.0 Å². The Bertz CT molecular complexity index is 791. The molecule has 0 aliphatic rings. The summed E-state index contributed by atoms with van der Waals surface area (Å²) in [7, 11) is 0. The predicted molar refractivity (Wildman–Crippen MR) is 92.3 cm³/mol. The van der Waals surface area contributed by atoms with Gasteiger partial charge in [0.2, 0.25) is 5.91 Å². The summed E-state index contributed by atoms with van der Waals surface area (Å²) in [6.45, 7) is 2.15. The van der Waals surface area contributed by atoms with Crippen LogP contribution in [-0.2, 0) is 11.2 Å². The Hall–Kier alpha value is -1.58. The van der Waals surface area contributed by atoms with E-state index >= 15 is 0 Å². The number of amides is 1. The van der Waals surface area contributed by atoms with Crippen molar-refractivity contribution in [2.75, 3.05) is 13.1 Å². The molecule has 24 heavy (non-hydrogen) atoms. The Morgan fingerprint density at radius 3 is 2.71 bits per heavy atom. The number of rotatable bonds is 6. The number of fused-ring (bicyclic) bond motifs is 1. The zero-order valence-corrected chi connectivity index (χ0v) is 14.9. The van der Waals surface area contributed by atoms with Gasteiger partial charge in [-0.1, -0.05) is 0 Å². The van der Waals surface area contributed by atoms with E-state index in [1.54, 1.807) is 0 Å².